The van der Waals surface area contributed by atoms with Crippen LogP contribution in [0.2, 0.25) is 0 Å². The van der Waals surface area contributed by atoms with Crippen LogP contribution in [-0.4, -0.2) is 66.9 Å². The van der Waals surface area contributed by atoms with Crippen LogP contribution in [-0.2, 0) is 10.3 Å². The van der Waals surface area contributed by atoms with Crippen molar-refractivity contribution in [3.63, 3.8) is 0 Å². The van der Waals surface area contributed by atoms with Crippen LogP contribution >= 0.6 is 0 Å². The molecule has 4 fully saturated rings. The monoisotopic (exact) mass is 302 g/mol. The van der Waals surface area contributed by atoms with Crippen molar-refractivity contribution in [2.75, 3.05) is 45.9 Å². The maximum absolute atomic E-state index is 11.7. The van der Waals surface area contributed by atoms with Gasteiger partial charge in [-0.2, -0.15) is 0 Å². The maximum atomic E-state index is 11.7. The minimum absolute atomic E-state index is 0.209. The lowest BCUT2D eigenvalue weighted by molar-refractivity contribution is -0.170. The van der Waals surface area contributed by atoms with Gasteiger partial charge in [-0.1, -0.05) is 30.3 Å². The zero-order chi connectivity index (χ0) is 15.0. The molecule has 4 aliphatic rings. The van der Waals surface area contributed by atoms with Crippen LogP contribution in [0.1, 0.15) is 18.4 Å². The number of aliphatic hydroxyl groups is 1. The minimum atomic E-state index is -0.698. The molecular weight excluding hydrogens is 276 g/mol. The van der Waals surface area contributed by atoms with Gasteiger partial charge in [-0.05, 0) is 37.4 Å². The zero-order valence-corrected chi connectivity index (χ0v) is 13.2. The molecule has 0 saturated carbocycles. The fraction of sp³-hybridized carbons (Fsp3) is 0.667. The number of piperidine rings is 3. The Balaban J connectivity index is 1.63. The number of benzene rings is 1. The Labute approximate surface area is 132 Å². The Hall–Kier alpha value is -0.940. The molecule has 120 valence electrons. The number of morpholine rings is 1. The fourth-order valence-corrected chi connectivity index (χ4v) is 4.62. The van der Waals surface area contributed by atoms with Gasteiger partial charge in [0.1, 0.15) is 5.60 Å². The maximum Gasteiger partial charge on any atom is 0.109 e. The highest BCUT2D eigenvalue weighted by Crippen LogP contribution is 2.46. The van der Waals surface area contributed by atoms with Crippen LogP contribution in [0.4, 0.5) is 0 Å². The van der Waals surface area contributed by atoms with Crippen molar-refractivity contribution in [3.8, 4) is 0 Å². The van der Waals surface area contributed by atoms with Gasteiger partial charge in [0.25, 0.3) is 0 Å². The third kappa shape index (κ3) is 2.38. The highest BCUT2D eigenvalue weighted by molar-refractivity contribution is 5.28. The smallest absolute Gasteiger partial charge is 0.109 e. The van der Waals surface area contributed by atoms with Crippen molar-refractivity contribution >= 4 is 0 Å². The van der Waals surface area contributed by atoms with Gasteiger partial charge in [0.2, 0.25) is 0 Å². The normalized spacial score (nSPS) is 39.0. The molecule has 1 aromatic rings. The first-order valence-corrected chi connectivity index (χ1v) is 8.60. The van der Waals surface area contributed by atoms with E-state index < -0.39 is 5.60 Å². The summed E-state index contributed by atoms with van der Waals surface area (Å²) in [4.78, 5) is 4.98. The van der Waals surface area contributed by atoms with Crippen molar-refractivity contribution < 1.29 is 9.84 Å². The lowest BCUT2D eigenvalue weighted by atomic mass is 9.66. The molecule has 5 rings (SSSR count). The van der Waals surface area contributed by atoms with Crippen molar-refractivity contribution in [2.24, 2.45) is 5.92 Å². The minimum Gasteiger partial charge on any atom is -0.383 e. The predicted molar refractivity (Wildman–Crippen MR) is 85.7 cm³/mol. The molecule has 1 N–H and O–H groups in total. The number of hydrogen-bond donors (Lipinski definition) is 1. The van der Waals surface area contributed by atoms with Gasteiger partial charge in [0, 0.05) is 19.6 Å². The summed E-state index contributed by atoms with van der Waals surface area (Å²) in [6.45, 7) is 6.83. The number of nitrogens with zero attached hydrogens (tertiary/aromatic N) is 2. The number of fused-ring (bicyclic) bond motifs is 3. The van der Waals surface area contributed by atoms with E-state index in [1.165, 1.54) is 0 Å². The lowest BCUT2D eigenvalue weighted by Crippen LogP contribution is -2.67. The Morgan fingerprint density at radius 3 is 2.41 bits per heavy atom. The molecule has 1 aromatic carbocycles. The molecule has 0 spiro atoms. The molecule has 0 aromatic heterocycles. The number of ether oxygens (including phenoxy) is 1. The molecule has 4 heteroatoms. The number of hydrogen-bond acceptors (Lipinski definition) is 4. The van der Waals surface area contributed by atoms with Crippen LogP contribution < -0.4 is 0 Å². The fourth-order valence-electron chi connectivity index (χ4n) is 4.62. The summed E-state index contributed by atoms with van der Waals surface area (Å²) in [7, 11) is 0. The summed E-state index contributed by atoms with van der Waals surface area (Å²) in [6.07, 6.45) is 2.23. The second-order valence-electron chi connectivity index (χ2n) is 6.93. The molecule has 4 saturated heterocycles. The molecule has 0 radical (unpaired) electrons. The third-order valence-electron chi connectivity index (χ3n) is 5.87. The molecule has 4 nitrogen and oxygen atoms in total. The van der Waals surface area contributed by atoms with E-state index in [2.05, 4.69) is 34.1 Å². The lowest BCUT2D eigenvalue weighted by Gasteiger charge is -2.57. The summed E-state index contributed by atoms with van der Waals surface area (Å²) in [5, 5.41) is 11.7. The Morgan fingerprint density at radius 1 is 1.05 bits per heavy atom. The molecule has 4 aliphatic heterocycles. The SMILES string of the molecule is OC1(c2ccccc2)C2CCN(CC2)C1CN1CCOCC1. The standard InChI is InChI=1S/C18H26N2O2/c21-18(15-4-2-1-3-5-15)16-6-8-20(9-7-16)17(18)14-19-10-12-22-13-11-19/h1-5,16-17,21H,6-14H2. The molecule has 2 unspecified atom stereocenters. The van der Waals surface area contributed by atoms with Crippen LogP contribution in [0.5, 0.6) is 0 Å². The third-order valence-corrected chi connectivity index (χ3v) is 5.87. The second kappa shape index (κ2) is 5.93. The van der Waals surface area contributed by atoms with Crippen molar-refractivity contribution in [3.05, 3.63) is 35.9 Å². The van der Waals surface area contributed by atoms with Gasteiger partial charge in [-0.3, -0.25) is 9.80 Å². The van der Waals surface area contributed by atoms with Gasteiger partial charge in [0.05, 0.1) is 19.3 Å². The highest BCUT2D eigenvalue weighted by Gasteiger charge is 2.53. The van der Waals surface area contributed by atoms with Crippen molar-refractivity contribution in [1.29, 1.82) is 0 Å². The van der Waals surface area contributed by atoms with E-state index in [-0.39, 0.29) is 6.04 Å². The molecule has 0 amide bonds. The van der Waals surface area contributed by atoms with Gasteiger partial charge in [0.15, 0.2) is 0 Å². The van der Waals surface area contributed by atoms with E-state index in [1.54, 1.807) is 0 Å². The number of rotatable bonds is 3. The predicted octanol–water partition coefficient (Wildman–Crippen LogP) is 1.30. The first-order chi connectivity index (χ1) is 10.8. The van der Waals surface area contributed by atoms with E-state index in [9.17, 15) is 5.11 Å². The van der Waals surface area contributed by atoms with Crippen LogP contribution in [0.3, 0.4) is 0 Å². The summed E-state index contributed by atoms with van der Waals surface area (Å²) in [6, 6.07) is 10.6. The summed E-state index contributed by atoms with van der Waals surface area (Å²) >= 11 is 0. The van der Waals surface area contributed by atoms with Crippen molar-refractivity contribution in [2.45, 2.75) is 24.5 Å². The average Bonchev–Trinajstić information content (AvgIpc) is 2.60. The summed E-state index contributed by atoms with van der Waals surface area (Å²) in [5.41, 5.74) is 0.401. The van der Waals surface area contributed by atoms with Crippen molar-refractivity contribution in [1.82, 2.24) is 9.80 Å². The molecule has 2 atom stereocenters. The van der Waals surface area contributed by atoms with Gasteiger partial charge < -0.3 is 9.84 Å². The molecule has 0 aliphatic carbocycles. The summed E-state index contributed by atoms with van der Waals surface area (Å²) in [5.74, 6) is 0.394. The quantitative estimate of drug-likeness (QED) is 0.913. The highest BCUT2D eigenvalue weighted by atomic mass is 16.5. The second-order valence-corrected chi connectivity index (χ2v) is 6.93. The zero-order valence-electron chi connectivity index (χ0n) is 13.2. The first kappa shape index (κ1) is 14.6. The molecule has 4 heterocycles. The first-order valence-electron chi connectivity index (χ1n) is 8.60. The van der Waals surface area contributed by atoms with E-state index in [4.69, 9.17) is 4.74 Å². The van der Waals surface area contributed by atoms with Gasteiger partial charge in [-0.25, -0.2) is 0 Å². The van der Waals surface area contributed by atoms with E-state index in [0.29, 0.717) is 5.92 Å². The van der Waals surface area contributed by atoms with Crippen LogP contribution in [0.15, 0.2) is 30.3 Å². The van der Waals surface area contributed by atoms with E-state index in [1.807, 2.05) is 6.07 Å². The average molecular weight is 302 g/mol. The Kier molecular flexibility index (Phi) is 3.95. The Bertz CT molecular complexity index is 495. The van der Waals surface area contributed by atoms with Crippen LogP contribution in [0, 0.1) is 5.92 Å². The van der Waals surface area contributed by atoms with E-state index in [0.717, 1.165) is 64.3 Å². The van der Waals surface area contributed by atoms with Gasteiger partial charge in [-0.15, -0.1) is 0 Å². The summed E-state index contributed by atoms with van der Waals surface area (Å²) < 4.78 is 5.47. The Morgan fingerprint density at radius 2 is 1.73 bits per heavy atom. The van der Waals surface area contributed by atoms with Gasteiger partial charge >= 0.3 is 0 Å². The molecule has 2 bridgehead atoms. The topological polar surface area (TPSA) is 35.9 Å². The largest absolute Gasteiger partial charge is 0.383 e. The molecule has 22 heavy (non-hydrogen) atoms. The van der Waals surface area contributed by atoms with Crippen LogP contribution in [0.25, 0.3) is 0 Å². The molecular formula is C18H26N2O2. The van der Waals surface area contributed by atoms with E-state index >= 15 is 0 Å².